The lowest BCUT2D eigenvalue weighted by Gasteiger charge is -2.32. The fourth-order valence-electron chi connectivity index (χ4n) is 6.44. The third kappa shape index (κ3) is 3.85. The Bertz CT molecular complexity index is 1480. The van der Waals surface area contributed by atoms with Crippen LogP contribution in [0.25, 0.3) is 11.1 Å². The van der Waals surface area contributed by atoms with E-state index >= 15 is 0 Å². The average Bonchev–Trinajstić information content (AvgIpc) is 3.26. The average molecular weight is 526 g/mol. The Kier molecular flexibility index (Phi) is 5.69. The van der Waals surface area contributed by atoms with Crippen LogP contribution >= 0.6 is 0 Å². The van der Waals surface area contributed by atoms with E-state index in [1.807, 2.05) is 19.1 Å². The van der Waals surface area contributed by atoms with Crippen molar-refractivity contribution in [2.75, 3.05) is 6.54 Å². The number of carbonyl (C=O) groups is 3. The quantitative estimate of drug-likeness (QED) is 0.328. The number of nitrogens with two attached hydrogens (primary N) is 2. The summed E-state index contributed by atoms with van der Waals surface area (Å²) in [6.07, 6.45) is 2.14. The van der Waals surface area contributed by atoms with Gasteiger partial charge in [0.25, 0.3) is 0 Å². The molecule has 4 atom stereocenters. The Balaban J connectivity index is 1.37. The highest BCUT2D eigenvalue weighted by molar-refractivity contribution is 5.98. The van der Waals surface area contributed by atoms with Gasteiger partial charge < -0.3 is 21.7 Å². The summed E-state index contributed by atoms with van der Waals surface area (Å²) in [6, 6.07) is 12.2. The predicted octanol–water partition coefficient (Wildman–Crippen LogP) is 0.593. The molecule has 12 heteroatoms. The van der Waals surface area contributed by atoms with E-state index in [1.165, 1.54) is 0 Å². The van der Waals surface area contributed by atoms with Gasteiger partial charge >= 0.3 is 0 Å². The first-order valence-corrected chi connectivity index (χ1v) is 12.8. The molecule has 0 unspecified atom stereocenters. The number of hydrogen-bond acceptors (Lipinski definition) is 8. The van der Waals surface area contributed by atoms with Crippen LogP contribution in [0.1, 0.15) is 63.9 Å². The first-order valence-electron chi connectivity index (χ1n) is 12.8. The molecule has 6 N–H and O–H groups in total. The monoisotopic (exact) mass is 525 g/mol. The molecule has 198 valence electrons. The Labute approximate surface area is 223 Å². The first kappa shape index (κ1) is 24.7. The van der Waals surface area contributed by atoms with E-state index in [-0.39, 0.29) is 30.6 Å². The summed E-state index contributed by atoms with van der Waals surface area (Å²) in [5, 5.41) is 27.9. The minimum absolute atomic E-state index is 0.0866. The minimum Gasteiger partial charge on any atom is -0.366 e. The fourth-order valence-corrected chi connectivity index (χ4v) is 6.44. The van der Waals surface area contributed by atoms with Crippen molar-refractivity contribution in [3.8, 4) is 17.2 Å². The van der Waals surface area contributed by atoms with Crippen LogP contribution < -0.4 is 16.8 Å². The van der Waals surface area contributed by atoms with Crippen LogP contribution in [0, 0.1) is 17.2 Å². The zero-order valence-electron chi connectivity index (χ0n) is 21.2. The number of nitriles is 1. The van der Waals surface area contributed by atoms with Gasteiger partial charge in [0.1, 0.15) is 6.04 Å². The predicted molar refractivity (Wildman–Crippen MR) is 138 cm³/mol. The topological polar surface area (TPSA) is 197 Å². The maximum atomic E-state index is 13.1. The number of H-pyrrole nitrogens is 1. The van der Waals surface area contributed by atoms with Gasteiger partial charge in [0.2, 0.25) is 17.7 Å². The zero-order chi connectivity index (χ0) is 27.5. The van der Waals surface area contributed by atoms with E-state index < -0.39 is 17.2 Å². The van der Waals surface area contributed by atoms with Crippen LogP contribution in [-0.2, 0) is 10.2 Å². The van der Waals surface area contributed by atoms with E-state index in [4.69, 9.17) is 11.5 Å². The molecule has 1 saturated carbocycles. The van der Waals surface area contributed by atoms with Crippen molar-refractivity contribution in [3.63, 3.8) is 0 Å². The summed E-state index contributed by atoms with van der Waals surface area (Å²) in [6.45, 7) is 2.06. The number of nitrogens with one attached hydrogen (secondary N) is 2. The van der Waals surface area contributed by atoms with Gasteiger partial charge in [-0.3, -0.25) is 14.4 Å². The van der Waals surface area contributed by atoms with E-state index in [0.29, 0.717) is 40.4 Å². The third-order valence-electron chi connectivity index (χ3n) is 8.30. The van der Waals surface area contributed by atoms with E-state index in [9.17, 15) is 19.6 Å². The molecular weight excluding hydrogens is 498 g/mol. The van der Waals surface area contributed by atoms with Crippen LogP contribution in [-0.4, -0.2) is 67.9 Å². The zero-order valence-corrected chi connectivity index (χ0v) is 21.2. The molecule has 1 aliphatic heterocycles. The molecule has 3 amide bonds. The fraction of sp³-hybridized carbons (Fsp3) is 0.370. The molecule has 6 rings (SSSR count). The van der Waals surface area contributed by atoms with Gasteiger partial charge in [0.05, 0.1) is 18.0 Å². The van der Waals surface area contributed by atoms with Gasteiger partial charge in [0, 0.05) is 23.2 Å². The van der Waals surface area contributed by atoms with Crippen LogP contribution in [0.3, 0.4) is 0 Å². The molecule has 2 aromatic carbocycles. The van der Waals surface area contributed by atoms with Crippen LogP contribution in [0.15, 0.2) is 36.4 Å². The minimum atomic E-state index is -0.913. The lowest BCUT2D eigenvalue weighted by molar-refractivity contribution is -0.131. The number of nitrogens with zero attached hydrogens (tertiary/aromatic N) is 5. The van der Waals surface area contributed by atoms with Gasteiger partial charge in [-0.25, -0.2) is 0 Å². The molecule has 3 aromatic rings. The smallest absolute Gasteiger partial charge is 0.248 e. The molecule has 2 heterocycles. The number of carbonyl (C=O) groups excluding carboxylic acids is 3. The van der Waals surface area contributed by atoms with Gasteiger partial charge in [-0.2, -0.15) is 10.5 Å². The number of primary amides is 2. The van der Waals surface area contributed by atoms with Crippen molar-refractivity contribution in [2.45, 2.75) is 49.7 Å². The number of aromatic nitrogens is 4. The summed E-state index contributed by atoms with van der Waals surface area (Å²) in [4.78, 5) is 38.9. The van der Waals surface area contributed by atoms with E-state index in [1.54, 1.807) is 29.2 Å². The number of hydrogen-bond donors (Lipinski definition) is 4. The molecule has 1 saturated heterocycles. The second kappa shape index (κ2) is 8.99. The van der Waals surface area contributed by atoms with Gasteiger partial charge in [-0.15, -0.1) is 10.2 Å². The Morgan fingerprint density at radius 2 is 1.77 bits per heavy atom. The molecule has 0 radical (unpaired) electrons. The number of likely N-dealkylation sites (tertiary alicyclic amines) is 1. The summed E-state index contributed by atoms with van der Waals surface area (Å²) in [5.41, 5.74) is 14.0. The lowest BCUT2D eigenvalue weighted by atomic mass is 9.72. The lowest BCUT2D eigenvalue weighted by Crippen LogP contribution is -2.46. The van der Waals surface area contributed by atoms with Gasteiger partial charge in [0.15, 0.2) is 5.82 Å². The largest absolute Gasteiger partial charge is 0.366 e. The molecule has 2 fully saturated rings. The number of piperidine rings is 1. The van der Waals surface area contributed by atoms with Crippen molar-refractivity contribution >= 4 is 17.7 Å². The molecule has 12 nitrogen and oxygen atoms in total. The highest BCUT2D eigenvalue weighted by atomic mass is 16.2. The Hall–Kier alpha value is -4.63. The molecule has 0 spiro atoms. The standard InChI is InChI=1S/C27H27N9O3/c1-13(31-12-23(37)36-17(11-28)6-16-9-22(16)36)10-27(26-32-34-35-33-26)20-4-2-14(24(29)38)7-18(20)19-8-15(25(30)39)3-5-21(19)27/h2-5,7-8,13,16-17,22,31H,6,9-10,12H2,1H3,(H2,29,38)(H2,30,39)(H,32,33,34,35)/t13-,16-,17+,22+/m1/s1. The van der Waals surface area contributed by atoms with Crippen molar-refractivity contribution in [3.05, 3.63) is 64.5 Å². The normalized spacial score (nSPS) is 22.4. The SMILES string of the molecule is C[C@H](CC1(c2nn[nH]n2)c2ccc(C(N)=O)cc2-c2cc(C(N)=O)ccc21)NCC(=O)N1[C@H](C#N)C[C@@H]2C[C@@H]21. The number of fused-ring (bicyclic) bond motifs is 4. The highest BCUT2D eigenvalue weighted by Crippen LogP contribution is 2.54. The summed E-state index contributed by atoms with van der Waals surface area (Å²) in [7, 11) is 0. The van der Waals surface area contributed by atoms with Gasteiger partial charge in [-0.1, -0.05) is 17.3 Å². The number of amides is 3. The molecule has 2 aliphatic carbocycles. The molecular formula is C27H27N9O3. The maximum absolute atomic E-state index is 13.1. The highest BCUT2D eigenvalue weighted by Gasteiger charge is 2.54. The van der Waals surface area contributed by atoms with E-state index in [0.717, 1.165) is 24.0 Å². The molecule has 39 heavy (non-hydrogen) atoms. The third-order valence-corrected chi connectivity index (χ3v) is 8.30. The Morgan fingerprint density at radius 3 is 2.31 bits per heavy atom. The molecule has 3 aliphatic rings. The van der Waals surface area contributed by atoms with Crippen molar-refractivity contribution in [1.29, 1.82) is 5.26 Å². The number of tetrazole rings is 1. The van der Waals surface area contributed by atoms with Crippen LogP contribution in [0.4, 0.5) is 0 Å². The number of aromatic amines is 1. The second-order valence-electron chi connectivity index (χ2n) is 10.6. The molecule has 1 aromatic heterocycles. The number of benzene rings is 2. The number of rotatable bonds is 8. The molecule has 0 bridgehead atoms. The van der Waals surface area contributed by atoms with Crippen LogP contribution in [0.2, 0.25) is 0 Å². The van der Waals surface area contributed by atoms with Crippen LogP contribution in [0.5, 0.6) is 0 Å². The second-order valence-corrected chi connectivity index (χ2v) is 10.6. The van der Waals surface area contributed by atoms with Gasteiger partial charge in [-0.05, 0) is 78.6 Å². The van der Waals surface area contributed by atoms with Crippen molar-refractivity contribution < 1.29 is 14.4 Å². The maximum Gasteiger partial charge on any atom is 0.248 e. The van der Waals surface area contributed by atoms with Crippen molar-refractivity contribution in [2.24, 2.45) is 17.4 Å². The summed E-state index contributed by atoms with van der Waals surface area (Å²) in [5.74, 6) is -0.389. The summed E-state index contributed by atoms with van der Waals surface area (Å²) >= 11 is 0. The Morgan fingerprint density at radius 1 is 1.13 bits per heavy atom. The summed E-state index contributed by atoms with van der Waals surface area (Å²) < 4.78 is 0. The first-order chi connectivity index (χ1) is 18.7. The van der Waals surface area contributed by atoms with E-state index in [2.05, 4.69) is 32.0 Å². The van der Waals surface area contributed by atoms with Crippen molar-refractivity contribution in [1.82, 2.24) is 30.8 Å².